The Hall–Kier alpha value is -4.47. The Bertz CT molecular complexity index is 1780. The summed E-state index contributed by atoms with van der Waals surface area (Å²) >= 11 is 7.35. The Labute approximate surface area is 231 Å². The van der Waals surface area contributed by atoms with E-state index in [1.165, 1.54) is 15.9 Å². The van der Waals surface area contributed by atoms with Gasteiger partial charge in [0.25, 0.3) is 11.5 Å². The third-order valence-electron chi connectivity index (χ3n) is 6.00. The highest BCUT2D eigenvalue weighted by Crippen LogP contribution is 2.31. The number of carbonyl (C=O) groups is 2. The third-order valence-corrected chi connectivity index (χ3v) is 7.24. The molecule has 1 amide bonds. The highest BCUT2D eigenvalue weighted by Gasteiger charge is 2.32. The molecule has 4 aromatic rings. The molecule has 39 heavy (non-hydrogen) atoms. The molecule has 0 fully saturated rings. The molecule has 196 valence electrons. The standard InChI is InChI=1S/C29H22ClN3O5S/c1-17-25(27(36)32-21-7-3-2-4-8-21)26(19-10-12-20(30)13-11-19)33-28(37)23(39-29(33)31-17)15-18-6-5-9-22(14-18)38-16-24(34)35/h2-15,26H,16H2,1H3,(H,32,36)(H,34,35)/b23-15+/t26-/m1/s1. The second kappa shape index (κ2) is 11.1. The normalized spacial score (nSPS) is 14.9. The topological polar surface area (TPSA) is 110 Å². The van der Waals surface area contributed by atoms with Crippen molar-refractivity contribution in [1.82, 2.24) is 4.57 Å². The Kier molecular flexibility index (Phi) is 7.44. The quantitative estimate of drug-likeness (QED) is 0.356. The smallest absolute Gasteiger partial charge is 0.341 e. The number of fused-ring (bicyclic) bond motifs is 1. The van der Waals surface area contributed by atoms with Crippen molar-refractivity contribution < 1.29 is 19.4 Å². The molecule has 1 atom stereocenters. The molecule has 0 unspecified atom stereocenters. The molecule has 0 radical (unpaired) electrons. The predicted molar refractivity (Wildman–Crippen MR) is 150 cm³/mol. The predicted octanol–water partition coefficient (Wildman–Crippen LogP) is 3.99. The van der Waals surface area contributed by atoms with Crippen LogP contribution in [0.4, 0.5) is 5.69 Å². The van der Waals surface area contributed by atoms with Gasteiger partial charge in [0.2, 0.25) is 0 Å². The summed E-state index contributed by atoms with van der Waals surface area (Å²) in [5.41, 5.74) is 2.53. The van der Waals surface area contributed by atoms with Gasteiger partial charge in [0, 0.05) is 10.7 Å². The fourth-order valence-corrected chi connectivity index (χ4v) is 5.46. The molecule has 1 aliphatic heterocycles. The molecule has 3 aromatic carbocycles. The highest BCUT2D eigenvalue weighted by molar-refractivity contribution is 7.07. The SMILES string of the molecule is CC1=C(C(=O)Nc2ccccc2)[C@@H](c2ccc(Cl)cc2)n2c(s/c(=C/c3cccc(OCC(=O)O)c3)c2=O)=N1. The van der Waals surface area contributed by atoms with Crippen LogP contribution in [-0.2, 0) is 9.59 Å². The van der Waals surface area contributed by atoms with Crippen molar-refractivity contribution in [2.75, 3.05) is 11.9 Å². The fourth-order valence-electron chi connectivity index (χ4n) is 4.28. The van der Waals surface area contributed by atoms with E-state index in [0.29, 0.717) is 48.2 Å². The number of halogens is 1. The maximum Gasteiger partial charge on any atom is 0.341 e. The number of aliphatic carboxylic acids is 1. The van der Waals surface area contributed by atoms with Crippen molar-refractivity contribution in [2.45, 2.75) is 13.0 Å². The molecule has 10 heteroatoms. The van der Waals surface area contributed by atoms with Crippen LogP contribution >= 0.6 is 22.9 Å². The molecule has 0 aliphatic carbocycles. The summed E-state index contributed by atoms with van der Waals surface area (Å²) in [5.74, 6) is -1.08. The number of rotatable bonds is 7. The molecule has 1 aromatic heterocycles. The summed E-state index contributed by atoms with van der Waals surface area (Å²) in [6, 6.07) is 22.2. The largest absolute Gasteiger partial charge is 0.482 e. The zero-order chi connectivity index (χ0) is 27.5. The lowest BCUT2D eigenvalue weighted by atomic mass is 9.95. The van der Waals surface area contributed by atoms with Gasteiger partial charge >= 0.3 is 5.97 Å². The van der Waals surface area contributed by atoms with E-state index in [-0.39, 0.29) is 11.5 Å². The molecule has 0 bridgehead atoms. The first-order valence-electron chi connectivity index (χ1n) is 11.9. The zero-order valence-electron chi connectivity index (χ0n) is 20.6. The number of thiazole rings is 1. The first-order chi connectivity index (χ1) is 18.8. The van der Waals surface area contributed by atoms with E-state index in [2.05, 4.69) is 10.3 Å². The summed E-state index contributed by atoms with van der Waals surface area (Å²) in [6.45, 7) is 1.28. The number of aromatic nitrogens is 1. The minimum Gasteiger partial charge on any atom is -0.482 e. The molecule has 5 rings (SSSR count). The van der Waals surface area contributed by atoms with Crippen molar-refractivity contribution in [2.24, 2.45) is 4.99 Å². The van der Waals surface area contributed by atoms with Gasteiger partial charge in [0.1, 0.15) is 5.75 Å². The second-order valence-corrected chi connectivity index (χ2v) is 10.2. The number of nitrogens with one attached hydrogen (secondary N) is 1. The number of ether oxygens (including phenoxy) is 1. The number of carboxylic acids is 1. The van der Waals surface area contributed by atoms with Crippen LogP contribution in [0.3, 0.4) is 0 Å². The number of hydrogen-bond acceptors (Lipinski definition) is 6. The van der Waals surface area contributed by atoms with E-state index < -0.39 is 18.6 Å². The molecule has 0 spiro atoms. The van der Waals surface area contributed by atoms with Gasteiger partial charge in [-0.2, -0.15) is 0 Å². The van der Waals surface area contributed by atoms with Crippen LogP contribution in [-0.4, -0.2) is 28.2 Å². The van der Waals surface area contributed by atoms with Crippen LogP contribution < -0.4 is 24.9 Å². The first-order valence-corrected chi connectivity index (χ1v) is 13.1. The van der Waals surface area contributed by atoms with Gasteiger partial charge in [-0.25, -0.2) is 9.79 Å². The van der Waals surface area contributed by atoms with Crippen LogP contribution in [0.1, 0.15) is 24.1 Å². The summed E-state index contributed by atoms with van der Waals surface area (Å²) in [5, 5.41) is 12.3. The van der Waals surface area contributed by atoms with Gasteiger partial charge in [-0.3, -0.25) is 14.2 Å². The molecule has 1 aliphatic rings. The molecular weight excluding hydrogens is 538 g/mol. The van der Waals surface area contributed by atoms with Crippen LogP contribution in [0.5, 0.6) is 5.75 Å². The maximum absolute atomic E-state index is 13.8. The summed E-state index contributed by atoms with van der Waals surface area (Å²) in [6.07, 6.45) is 1.69. The van der Waals surface area contributed by atoms with Gasteiger partial charge in [-0.05, 0) is 60.5 Å². The summed E-state index contributed by atoms with van der Waals surface area (Å²) < 4.78 is 7.19. The van der Waals surface area contributed by atoms with Crippen LogP contribution in [0.25, 0.3) is 6.08 Å². The number of carbonyl (C=O) groups excluding carboxylic acids is 1. The van der Waals surface area contributed by atoms with E-state index in [1.807, 2.05) is 18.2 Å². The number of anilines is 1. The fraction of sp³-hybridized carbons (Fsp3) is 0.103. The lowest BCUT2D eigenvalue weighted by Gasteiger charge is -2.25. The second-order valence-electron chi connectivity index (χ2n) is 8.71. The minimum atomic E-state index is -1.08. The molecule has 8 nitrogen and oxygen atoms in total. The van der Waals surface area contributed by atoms with Crippen LogP contribution in [0, 0.1) is 0 Å². The number of hydrogen-bond donors (Lipinski definition) is 2. The number of allylic oxidation sites excluding steroid dienone is 1. The number of amides is 1. The van der Waals surface area contributed by atoms with E-state index in [1.54, 1.807) is 73.7 Å². The Morgan fingerprint density at radius 1 is 1.10 bits per heavy atom. The van der Waals surface area contributed by atoms with Gasteiger partial charge in [-0.15, -0.1) is 0 Å². The summed E-state index contributed by atoms with van der Waals surface area (Å²) in [7, 11) is 0. The van der Waals surface area contributed by atoms with Crippen molar-refractivity contribution in [3.8, 4) is 5.75 Å². The monoisotopic (exact) mass is 559 g/mol. The minimum absolute atomic E-state index is 0.312. The Morgan fingerprint density at radius 3 is 2.56 bits per heavy atom. The van der Waals surface area contributed by atoms with Crippen LogP contribution in [0.15, 0.2) is 99.9 Å². The van der Waals surface area contributed by atoms with Gasteiger partial charge in [0.05, 0.1) is 21.8 Å². The molecule has 2 N–H and O–H groups in total. The van der Waals surface area contributed by atoms with Crippen molar-refractivity contribution in [3.05, 3.63) is 126 Å². The molecule has 0 saturated carbocycles. The summed E-state index contributed by atoms with van der Waals surface area (Å²) in [4.78, 5) is 43.3. The zero-order valence-corrected chi connectivity index (χ0v) is 22.2. The Morgan fingerprint density at radius 2 is 1.85 bits per heavy atom. The van der Waals surface area contributed by atoms with Gasteiger partial charge in [-0.1, -0.05) is 65.4 Å². The number of nitrogens with zero attached hydrogens (tertiary/aromatic N) is 2. The molecule has 0 saturated heterocycles. The average Bonchev–Trinajstić information content (AvgIpc) is 3.22. The third kappa shape index (κ3) is 5.69. The highest BCUT2D eigenvalue weighted by atomic mass is 35.5. The first kappa shape index (κ1) is 26.1. The molecular formula is C29H22ClN3O5S. The lowest BCUT2D eigenvalue weighted by Crippen LogP contribution is -2.40. The van der Waals surface area contributed by atoms with Crippen molar-refractivity contribution in [1.29, 1.82) is 0 Å². The van der Waals surface area contributed by atoms with E-state index in [4.69, 9.17) is 21.4 Å². The number of benzene rings is 3. The van der Waals surface area contributed by atoms with Crippen molar-refractivity contribution in [3.63, 3.8) is 0 Å². The van der Waals surface area contributed by atoms with E-state index >= 15 is 0 Å². The average molecular weight is 560 g/mol. The van der Waals surface area contributed by atoms with Crippen molar-refractivity contribution >= 4 is 46.6 Å². The van der Waals surface area contributed by atoms with Gasteiger partial charge < -0.3 is 15.2 Å². The van der Waals surface area contributed by atoms with Gasteiger partial charge in [0.15, 0.2) is 11.4 Å². The Balaban J connectivity index is 1.61. The van der Waals surface area contributed by atoms with E-state index in [9.17, 15) is 14.4 Å². The molecule has 2 heterocycles. The number of para-hydroxylation sites is 1. The number of carboxylic acid groups (broad SMARTS) is 1. The van der Waals surface area contributed by atoms with E-state index in [0.717, 1.165) is 0 Å². The maximum atomic E-state index is 13.8. The van der Waals surface area contributed by atoms with Crippen LogP contribution in [0.2, 0.25) is 5.02 Å². The lowest BCUT2D eigenvalue weighted by molar-refractivity contribution is -0.139.